The minimum atomic E-state index is 0.576. The molecule has 1 aromatic carbocycles. The minimum absolute atomic E-state index is 0.576. The fraction of sp³-hybridized carbons (Fsp3) is 0.200. The molecule has 102 valence electrons. The quantitative estimate of drug-likeness (QED) is 0.780. The van der Waals surface area contributed by atoms with E-state index in [2.05, 4.69) is 46.6 Å². The largest absolute Gasteiger partial charge is 0.338 e. The molecule has 0 bridgehead atoms. The normalized spacial score (nSPS) is 10.8. The summed E-state index contributed by atoms with van der Waals surface area (Å²) >= 11 is 1.61. The van der Waals surface area contributed by atoms with E-state index in [1.54, 1.807) is 11.3 Å². The number of aryl methyl sites for hydroxylation is 1. The van der Waals surface area contributed by atoms with Crippen LogP contribution in [0.15, 0.2) is 46.3 Å². The summed E-state index contributed by atoms with van der Waals surface area (Å²) in [5, 5.41) is 9.28. The lowest BCUT2D eigenvalue weighted by molar-refractivity contribution is 0.367. The van der Waals surface area contributed by atoms with Crippen molar-refractivity contribution in [1.29, 1.82) is 0 Å². The molecule has 1 N–H and O–H groups in total. The van der Waals surface area contributed by atoms with Crippen LogP contribution < -0.4 is 5.32 Å². The summed E-state index contributed by atoms with van der Waals surface area (Å²) in [6, 6.07) is 12.4. The number of hydrogen-bond donors (Lipinski definition) is 1. The number of nitrogens with zero attached hydrogens (tertiary/aromatic N) is 2. The molecule has 0 radical (unpaired) electrons. The fourth-order valence-electron chi connectivity index (χ4n) is 1.85. The summed E-state index contributed by atoms with van der Waals surface area (Å²) < 4.78 is 5.23. The van der Waals surface area contributed by atoms with Crippen molar-refractivity contribution in [3.05, 3.63) is 58.8 Å². The van der Waals surface area contributed by atoms with E-state index in [1.807, 2.05) is 17.5 Å². The smallest absolute Gasteiger partial charge is 0.240 e. The third-order valence-electron chi connectivity index (χ3n) is 2.94. The van der Waals surface area contributed by atoms with Crippen molar-refractivity contribution in [2.24, 2.45) is 0 Å². The Morgan fingerprint density at radius 1 is 1.15 bits per heavy atom. The van der Waals surface area contributed by atoms with Gasteiger partial charge in [-0.3, -0.25) is 0 Å². The van der Waals surface area contributed by atoms with Gasteiger partial charge >= 0.3 is 0 Å². The first-order chi connectivity index (χ1) is 9.81. The summed E-state index contributed by atoms with van der Waals surface area (Å²) in [4.78, 5) is 5.39. The number of benzene rings is 1. The monoisotopic (exact) mass is 285 g/mol. The summed E-state index contributed by atoms with van der Waals surface area (Å²) in [7, 11) is 0. The molecule has 0 unspecified atom stereocenters. The van der Waals surface area contributed by atoms with E-state index in [9.17, 15) is 0 Å². The highest BCUT2D eigenvalue weighted by atomic mass is 32.1. The van der Waals surface area contributed by atoms with Gasteiger partial charge < -0.3 is 9.84 Å². The lowest BCUT2D eigenvalue weighted by Crippen LogP contribution is -2.12. The van der Waals surface area contributed by atoms with E-state index in [1.165, 1.54) is 11.1 Å². The predicted octanol–water partition coefficient (Wildman–Crippen LogP) is 3.40. The van der Waals surface area contributed by atoms with Gasteiger partial charge in [-0.25, -0.2) is 0 Å². The molecular formula is C15H15N3OS. The lowest BCUT2D eigenvalue weighted by Gasteiger charge is -2.02. The van der Waals surface area contributed by atoms with Gasteiger partial charge in [0.25, 0.3) is 0 Å². The molecule has 4 nitrogen and oxygen atoms in total. The van der Waals surface area contributed by atoms with Crippen molar-refractivity contribution in [3.63, 3.8) is 0 Å². The van der Waals surface area contributed by atoms with Gasteiger partial charge in [-0.2, -0.15) is 4.98 Å². The van der Waals surface area contributed by atoms with Gasteiger partial charge in [-0.15, -0.1) is 11.3 Å². The Hall–Kier alpha value is -1.98. The van der Waals surface area contributed by atoms with Crippen LogP contribution in [0.1, 0.15) is 17.0 Å². The van der Waals surface area contributed by atoms with E-state index < -0.39 is 0 Å². The minimum Gasteiger partial charge on any atom is -0.338 e. The fourth-order valence-corrected chi connectivity index (χ4v) is 2.50. The standard InChI is InChI=1S/C15H15N3OS/c1-11-4-6-12(7-5-11)9-16-10-14-17-15(18-19-14)13-3-2-8-20-13/h2-8,16H,9-10H2,1H3. The van der Waals surface area contributed by atoms with Gasteiger partial charge in [0.15, 0.2) is 0 Å². The first-order valence-electron chi connectivity index (χ1n) is 6.44. The second kappa shape index (κ2) is 5.98. The van der Waals surface area contributed by atoms with Crippen molar-refractivity contribution < 1.29 is 4.52 Å². The van der Waals surface area contributed by atoms with E-state index in [4.69, 9.17) is 4.52 Å². The maximum Gasteiger partial charge on any atom is 0.240 e. The van der Waals surface area contributed by atoms with Gasteiger partial charge in [0.05, 0.1) is 11.4 Å². The first-order valence-corrected chi connectivity index (χ1v) is 7.32. The van der Waals surface area contributed by atoms with Crippen LogP contribution in [0.3, 0.4) is 0 Å². The number of aromatic nitrogens is 2. The Morgan fingerprint density at radius 2 is 2.00 bits per heavy atom. The highest BCUT2D eigenvalue weighted by Crippen LogP contribution is 2.21. The van der Waals surface area contributed by atoms with Gasteiger partial charge in [0, 0.05) is 6.54 Å². The van der Waals surface area contributed by atoms with Crippen LogP contribution in [0.4, 0.5) is 0 Å². The Morgan fingerprint density at radius 3 is 2.75 bits per heavy atom. The van der Waals surface area contributed by atoms with Crippen LogP contribution in [-0.4, -0.2) is 10.1 Å². The van der Waals surface area contributed by atoms with Gasteiger partial charge in [-0.1, -0.05) is 41.1 Å². The maximum absolute atomic E-state index is 5.23. The second-order valence-electron chi connectivity index (χ2n) is 4.58. The van der Waals surface area contributed by atoms with Crippen LogP contribution in [0, 0.1) is 6.92 Å². The third-order valence-corrected chi connectivity index (χ3v) is 3.80. The zero-order valence-corrected chi connectivity index (χ0v) is 12.0. The van der Waals surface area contributed by atoms with E-state index in [0.717, 1.165) is 11.4 Å². The zero-order chi connectivity index (χ0) is 13.8. The molecule has 0 amide bonds. The second-order valence-corrected chi connectivity index (χ2v) is 5.53. The molecule has 0 aliphatic rings. The molecule has 3 rings (SSSR count). The van der Waals surface area contributed by atoms with Gasteiger partial charge in [0.2, 0.25) is 11.7 Å². The first kappa shape index (κ1) is 13.0. The van der Waals surface area contributed by atoms with E-state index in [0.29, 0.717) is 18.3 Å². The average Bonchev–Trinajstić information content (AvgIpc) is 3.11. The third kappa shape index (κ3) is 3.12. The Labute approximate surface area is 121 Å². The van der Waals surface area contributed by atoms with Crippen LogP contribution in [-0.2, 0) is 13.1 Å². The Bertz CT molecular complexity index is 659. The van der Waals surface area contributed by atoms with Crippen molar-refractivity contribution in [2.45, 2.75) is 20.0 Å². The summed E-state index contributed by atoms with van der Waals surface area (Å²) in [5.74, 6) is 1.27. The summed E-state index contributed by atoms with van der Waals surface area (Å²) in [6.45, 7) is 3.45. The molecule has 20 heavy (non-hydrogen) atoms. The predicted molar refractivity (Wildman–Crippen MR) is 79.3 cm³/mol. The summed E-state index contributed by atoms with van der Waals surface area (Å²) in [5.41, 5.74) is 2.51. The average molecular weight is 285 g/mol. The molecular weight excluding hydrogens is 270 g/mol. The highest BCUT2D eigenvalue weighted by molar-refractivity contribution is 7.13. The molecule has 2 heterocycles. The molecule has 0 aliphatic heterocycles. The molecule has 2 aromatic heterocycles. The summed E-state index contributed by atoms with van der Waals surface area (Å²) in [6.07, 6.45) is 0. The number of rotatable bonds is 5. The topological polar surface area (TPSA) is 51.0 Å². The van der Waals surface area contributed by atoms with Crippen molar-refractivity contribution in [1.82, 2.24) is 15.5 Å². The van der Waals surface area contributed by atoms with Crippen molar-refractivity contribution in [3.8, 4) is 10.7 Å². The van der Waals surface area contributed by atoms with Crippen LogP contribution in [0.2, 0.25) is 0 Å². The number of nitrogens with one attached hydrogen (secondary N) is 1. The molecule has 0 saturated carbocycles. The molecule has 0 aliphatic carbocycles. The Kier molecular flexibility index (Phi) is 3.90. The maximum atomic E-state index is 5.23. The zero-order valence-electron chi connectivity index (χ0n) is 11.2. The highest BCUT2D eigenvalue weighted by Gasteiger charge is 2.08. The van der Waals surface area contributed by atoms with Gasteiger partial charge in [0.1, 0.15) is 0 Å². The molecule has 3 aromatic rings. The van der Waals surface area contributed by atoms with Crippen LogP contribution in [0.5, 0.6) is 0 Å². The van der Waals surface area contributed by atoms with Crippen molar-refractivity contribution >= 4 is 11.3 Å². The number of thiophene rings is 1. The number of hydrogen-bond acceptors (Lipinski definition) is 5. The lowest BCUT2D eigenvalue weighted by atomic mass is 10.1. The molecule has 0 fully saturated rings. The molecule has 0 spiro atoms. The van der Waals surface area contributed by atoms with E-state index in [-0.39, 0.29) is 0 Å². The van der Waals surface area contributed by atoms with Crippen LogP contribution in [0.25, 0.3) is 10.7 Å². The van der Waals surface area contributed by atoms with E-state index >= 15 is 0 Å². The SMILES string of the molecule is Cc1ccc(CNCc2nc(-c3cccs3)no2)cc1. The van der Waals surface area contributed by atoms with Gasteiger partial charge in [-0.05, 0) is 23.9 Å². The van der Waals surface area contributed by atoms with Crippen LogP contribution >= 0.6 is 11.3 Å². The van der Waals surface area contributed by atoms with Crippen molar-refractivity contribution in [2.75, 3.05) is 0 Å². The molecule has 0 saturated heterocycles. The Balaban J connectivity index is 1.55. The molecule has 0 atom stereocenters. The molecule has 5 heteroatoms.